The van der Waals surface area contributed by atoms with Crippen molar-refractivity contribution >= 4 is 11.6 Å². The van der Waals surface area contributed by atoms with Crippen LogP contribution < -0.4 is 24.3 Å². The summed E-state index contributed by atoms with van der Waals surface area (Å²) in [5.74, 6) is 2.19. The maximum Gasteiger partial charge on any atom is 0.268 e. The van der Waals surface area contributed by atoms with Crippen LogP contribution in [0.1, 0.15) is 20.8 Å². The van der Waals surface area contributed by atoms with Crippen molar-refractivity contribution < 1.29 is 23.7 Å². The van der Waals surface area contributed by atoms with Crippen molar-refractivity contribution in [2.24, 2.45) is 0 Å². The number of hydrogen-bond donors (Lipinski definition) is 1. The summed E-state index contributed by atoms with van der Waals surface area (Å²) in [7, 11) is 3.10. The van der Waals surface area contributed by atoms with Crippen molar-refractivity contribution in [3.05, 3.63) is 42.5 Å². The van der Waals surface area contributed by atoms with Crippen LogP contribution in [0.25, 0.3) is 0 Å². The van der Waals surface area contributed by atoms with Crippen LogP contribution in [0.4, 0.5) is 5.69 Å². The number of hydrogen-bond acceptors (Lipinski definition) is 5. The SMILES string of the molecule is CCOc1ccc(OC(C)(C)C(=O)Nc2ccc(OC)cc2OC)cc1. The molecule has 6 nitrogen and oxygen atoms in total. The smallest absolute Gasteiger partial charge is 0.268 e. The highest BCUT2D eigenvalue weighted by Crippen LogP contribution is 2.30. The van der Waals surface area contributed by atoms with Crippen LogP contribution in [0.3, 0.4) is 0 Å². The van der Waals surface area contributed by atoms with Crippen LogP contribution >= 0.6 is 0 Å². The molecule has 0 aliphatic rings. The van der Waals surface area contributed by atoms with Gasteiger partial charge in [-0.15, -0.1) is 0 Å². The monoisotopic (exact) mass is 359 g/mol. The fraction of sp³-hybridized carbons (Fsp3) is 0.350. The van der Waals surface area contributed by atoms with Crippen molar-refractivity contribution in [2.75, 3.05) is 26.1 Å². The zero-order chi connectivity index (χ0) is 19.2. The Hall–Kier alpha value is -2.89. The van der Waals surface area contributed by atoms with Crippen molar-refractivity contribution in [3.63, 3.8) is 0 Å². The summed E-state index contributed by atoms with van der Waals surface area (Å²) in [6.45, 7) is 5.92. The average Bonchev–Trinajstić information content (AvgIpc) is 2.63. The van der Waals surface area contributed by atoms with E-state index in [1.54, 1.807) is 63.4 Å². The second kappa shape index (κ2) is 8.47. The molecule has 2 aromatic carbocycles. The molecule has 0 aliphatic heterocycles. The predicted molar refractivity (Wildman–Crippen MR) is 100 cm³/mol. The zero-order valence-corrected chi connectivity index (χ0v) is 15.8. The van der Waals surface area contributed by atoms with E-state index in [-0.39, 0.29) is 5.91 Å². The number of rotatable bonds is 8. The Kier molecular flexibility index (Phi) is 6.33. The Morgan fingerprint density at radius 1 is 0.962 bits per heavy atom. The number of benzene rings is 2. The van der Waals surface area contributed by atoms with Crippen molar-refractivity contribution in [1.82, 2.24) is 0 Å². The van der Waals surface area contributed by atoms with E-state index in [0.717, 1.165) is 5.75 Å². The van der Waals surface area contributed by atoms with Crippen LogP contribution in [0, 0.1) is 0 Å². The molecule has 0 heterocycles. The highest BCUT2D eigenvalue weighted by Gasteiger charge is 2.30. The van der Waals surface area contributed by atoms with Crippen molar-refractivity contribution in [1.29, 1.82) is 0 Å². The van der Waals surface area contributed by atoms with Gasteiger partial charge >= 0.3 is 0 Å². The second-order valence-electron chi connectivity index (χ2n) is 6.04. The molecule has 140 valence electrons. The van der Waals surface area contributed by atoms with Gasteiger partial charge in [-0.1, -0.05) is 0 Å². The van der Waals surface area contributed by atoms with E-state index < -0.39 is 5.60 Å². The minimum absolute atomic E-state index is 0.296. The first-order chi connectivity index (χ1) is 12.4. The summed E-state index contributed by atoms with van der Waals surface area (Å²) in [5.41, 5.74) is -0.542. The van der Waals surface area contributed by atoms with E-state index in [4.69, 9.17) is 18.9 Å². The highest BCUT2D eigenvalue weighted by atomic mass is 16.5. The third-order valence-corrected chi connectivity index (χ3v) is 3.71. The molecular formula is C20H25NO5. The molecule has 26 heavy (non-hydrogen) atoms. The van der Waals surface area contributed by atoms with E-state index >= 15 is 0 Å². The molecule has 0 spiro atoms. The topological polar surface area (TPSA) is 66.0 Å². The van der Waals surface area contributed by atoms with Crippen LogP contribution in [-0.4, -0.2) is 32.3 Å². The number of nitrogens with one attached hydrogen (secondary N) is 1. The maximum absolute atomic E-state index is 12.7. The molecule has 0 saturated heterocycles. The quantitative estimate of drug-likeness (QED) is 0.774. The van der Waals surface area contributed by atoms with Gasteiger partial charge in [-0.25, -0.2) is 0 Å². The van der Waals surface area contributed by atoms with E-state index in [9.17, 15) is 4.79 Å². The van der Waals surface area contributed by atoms with Crippen molar-refractivity contribution in [3.8, 4) is 23.0 Å². The van der Waals surface area contributed by atoms with Gasteiger partial charge in [0.15, 0.2) is 5.60 Å². The van der Waals surface area contributed by atoms with E-state index in [2.05, 4.69) is 5.32 Å². The molecule has 0 unspecified atom stereocenters. The Morgan fingerprint density at radius 3 is 2.15 bits per heavy atom. The van der Waals surface area contributed by atoms with Gasteiger partial charge in [0.25, 0.3) is 5.91 Å². The number of carbonyl (C=O) groups is 1. The predicted octanol–water partition coefficient (Wildman–Crippen LogP) is 3.90. The van der Waals surface area contributed by atoms with Gasteiger partial charge in [0, 0.05) is 6.07 Å². The lowest BCUT2D eigenvalue weighted by atomic mass is 10.1. The molecule has 0 aromatic heterocycles. The lowest BCUT2D eigenvalue weighted by Gasteiger charge is -2.26. The molecule has 0 fully saturated rings. The fourth-order valence-corrected chi connectivity index (χ4v) is 2.29. The minimum Gasteiger partial charge on any atom is -0.497 e. The molecule has 1 amide bonds. The molecule has 0 saturated carbocycles. The second-order valence-corrected chi connectivity index (χ2v) is 6.04. The van der Waals surface area contributed by atoms with E-state index in [1.165, 1.54) is 7.11 Å². The summed E-state index contributed by atoms with van der Waals surface area (Å²) < 4.78 is 21.7. The third-order valence-electron chi connectivity index (χ3n) is 3.71. The maximum atomic E-state index is 12.7. The number of ether oxygens (including phenoxy) is 4. The fourth-order valence-electron chi connectivity index (χ4n) is 2.29. The van der Waals surface area contributed by atoms with Gasteiger partial charge in [-0.2, -0.15) is 0 Å². The van der Waals surface area contributed by atoms with E-state index in [0.29, 0.717) is 29.5 Å². The Bertz CT molecular complexity index is 740. The lowest BCUT2D eigenvalue weighted by Crippen LogP contribution is -2.42. The molecule has 0 aliphatic carbocycles. The summed E-state index contributed by atoms with van der Waals surface area (Å²) in [6.07, 6.45) is 0. The van der Waals surface area contributed by atoms with Gasteiger partial charge < -0.3 is 24.3 Å². The van der Waals surface area contributed by atoms with Gasteiger partial charge in [-0.05, 0) is 57.2 Å². The molecule has 2 rings (SSSR count). The molecule has 1 N–H and O–H groups in total. The first kappa shape index (κ1) is 19.4. The normalized spacial score (nSPS) is 10.8. The van der Waals surface area contributed by atoms with Gasteiger partial charge in [0.05, 0.1) is 26.5 Å². The van der Waals surface area contributed by atoms with Gasteiger partial charge in [0.2, 0.25) is 0 Å². The van der Waals surface area contributed by atoms with Crippen molar-refractivity contribution in [2.45, 2.75) is 26.4 Å². The molecular weight excluding hydrogens is 334 g/mol. The lowest BCUT2D eigenvalue weighted by molar-refractivity contribution is -0.128. The highest BCUT2D eigenvalue weighted by molar-refractivity contribution is 5.98. The van der Waals surface area contributed by atoms with Gasteiger partial charge in [-0.3, -0.25) is 4.79 Å². The number of anilines is 1. The number of amides is 1. The first-order valence-corrected chi connectivity index (χ1v) is 8.35. The van der Waals surface area contributed by atoms with Crippen LogP contribution in [-0.2, 0) is 4.79 Å². The van der Waals surface area contributed by atoms with Crippen LogP contribution in [0.2, 0.25) is 0 Å². The Morgan fingerprint density at radius 2 is 1.58 bits per heavy atom. The summed E-state index contributed by atoms with van der Waals surface area (Å²) in [4.78, 5) is 12.7. The first-order valence-electron chi connectivity index (χ1n) is 8.35. The Balaban J connectivity index is 2.09. The largest absolute Gasteiger partial charge is 0.497 e. The number of methoxy groups -OCH3 is 2. The summed E-state index contributed by atoms with van der Waals surface area (Å²) >= 11 is 0. The summed E-state index contributed by atoms with van der Waals surface area (Å²) in [5, 5.41) is 2.84. The molecule has 2 aromatic rings. The minimum atomic E-state index is -1.09. The average molecular weight is 359 g/mol. The standard InChI is InChI=1S/C20H25NO5/c1-6-25-14-7-9-15(10-8-14)26-20(2,3)19(22)21-17-12-11-16(23-4)13-18(17)24-5/h7-13H,6H2,1-5H3,(H,21,22). The molecule has 0 radical (unpaired) electrons. The third kappa shape index (κ3) is 4.81. The van der Waals surface area contributed by atoms with E-state index in [1.807, 2.05) is 6.92 Å². The molecule has 0 bridgehead atoms. The van der Waals surface area contributed by atoms with Crippen LogP contribution in [0.5, 0.6) is 23.0 Å². The zero-order valence-electron chi connectivity index (χ0n) is 15.8. The molecule has 0 atom stereocenters. The Labute approximate surface area is 154 Å². The van der Waals surface area contributed by atoms with Gasteiger partial charge in [0.1, 0.15) is 23.0 Å². The number of carbonyl (C=O) groups excluding carboxylic acids is 1. The van der Waals surface area contributed by atoms with Crippen LogP contribution in [0.15, 0.2) is 42.5 Å². The molecule has 6 heteroatoms. The summed E-state index contributed by atoms with van der Waals surface area (Å²) in [6, 6.07) is 12.3.